The van der Waals surface area contributed by atoms with E-state index in [2.05, 4.69) is 96.9 Å². The Kier molecular flexibility index (Phi) is 3.93. The maximum atomic E-state index is 5.99. The van der Waals surface area contributed by atoms with Gasteiger partial charge in [-0.3, -0.25) is 0 Å². The molecule has 5 rings (SSSR count). The highest BCUT2D eigenvalue weighted by atomic mass is 14.2. The molecule has 0 saturated heterocycles. The fourth-order valence-corrected chi connectivity index (χ4v) is 4.01. The maximum Gasteiger partial charge on any atom is 0.0333 e. The maximum absolute atomic E-state index is 5.99. The van der Waals surface area contributed by atoms with E-state index in [-0.39, 0.29) is 0 Å². The second-order valence-electron chi connectivity index (χ2n) is 6.97. The fourth-order valence-electron chi connectivity index (χ4n) is 4.01. The lowest BCUT2D eigenvalue weighted by atomic mass is 9.85. The monoisotopic (exact) mass is 354 g/mol. The normalized spacial score (nSPS) is 10.8. The summed E-state index contributed by atoms with van der Waals surface area (Å²) in [5, 5.41) is 4.86. The van der Waals surface area contributed by atoms with Crippen LogP contribution >= 0.6 is 0 Å². The van der Waals surface area contributed by atoms with Crippen molar-refractivity contribution in [2.24, 2.45) is 0 Å². The van der Waals surface area contributed by atoms with Crippen molar-refractivity contribution in [2.75, 3.05) is 0 Å². The lowest BCUT2D eigenvalue weighted by molar-refractivity contribution is 1.59. The Balaban J connectivity index is 2.00. The standard InChI is InChI=1S/C28H18/c1-2-20-17-25-18-23-15-9-10-16-24(23)19-26(25)28(22-13-7-4-8-14-22)27(20)21-11-5-3-6-12-21/h1,3-19H. The molecule has 28 heavy (non-hydrogen) atoms. The summed E-state index contributed by atoms with van der Waals surface area (Å²) in [6, 6.07) is 36.1. The zero-order valence-electron chi connectivity index (χ0n) is 15.4. The van der Waals surface area contributed by atoms with Gasteiger partial charge in [0.25, 0.3) is 0 Å². The molecule has 0 aliphatic heterocycles. The summed E-state index contributed by atoms with van der Waals surface area (Å²) in [7, 11) is 0. The van der Waals surface area contributed by atoms with Gasteiger partial charge in [0, 0.05) is 11.1 Å². The average molecular weight is 354 g/mol. The van der Waals surface area contributed by atoms with Crippen LogP contribution in [0.3, 0.4) is 0 Å². The molecule has 0 aliphatic carbocycles. The van der Waals surface area contributed by atoms with Gasteiger partial charge in [-0.25, -0.2) is 0 Å². The largest absolute Gasteiger partial charge is 0.115 e. The number of fused-ring (bicyclic) bond motifs is 2. The smallest absolute Gasteiger partial charge is 0.0333 e. The van der Waals surface area contributed by atoms with Gasteiger partial charge in [-0.1, -0.05) is 90.8 Å². The predicted molar refractivity (Wildman–Crippen MR) is 120 cm³/mol. The molecule has 0 unspecified atom stereocenters. The Bertz CT molecular complexity index is 1340. The first-order chi connectivity index (χ1) is 13.8. The summed E-state index contributed by atoms with van der Waals surface area (Å²) < 4.78 is 0. The quantitative estimate of drug-likeness (QED) is 0.230. The van der Waals surface area contributed by atoms with Crippen LogP contribution in [0.2, 0.25) is 0 Å². The highest BCUT2D eigenvalue weighted by molar-refractivity contribution is 6.10. The van der Waals surface area contributed by atoms with Gasteiger partial charge in [0.15, 0.2) is 0 Å². The molecule has 5 aromatic rings. The highest BCUT2D eigenvalue weighted by Crippen LogP contribution is 2.41. The van der Waals surface area contributed by atoms with Crippen molar-refractivity contribution in [3.8, 4) is 34.6 Å². The number of hydrogen-bond acceptors (Lipinski definition) is 0. The molecule has 0 nitrogen and oxygen atoms in total. The van der Waals surface area contributed by atoms with Crippen molar-refractivity contribution in [3.05, 3.63) is 109 Å². The molecule has 0 spiro atoms. The molecular weight excluding hydrogens is 336 g/mol. The molecule has 0 N–H and O–H groups in total. The molecule has 0 bridgehead atoms. The minimum Gasteiger partial charge on any atom is -0.115 e. The Hall–Kier alpha value is -3.82. The third-order valence-electron chi connectivity index (χ3n) is 5.29. The first-order valence-corrected chi connectivity index (χ1v) is 9.42. The van der Waals surface area contributed by atoms with E-state index in [1.165, 1.54) is 32.7 Å². The van der Waals surface area contributed by atoms with E-state index in [4.69, 9.17) is 6.42 Å². The molecular formula is C28H18. The minimum absolute atomic E-state index is 0.924. The van der Waals surface area contributed by atoms with Crippen molar-refractivity contribution in [3.63, 3.8) is 0 Å². The molecule has 0 aliphatic rings. The van der Waals surface area contributed by atoms with E-state index in [1.807, 2.05) is 12.1 Å². The minimum atomic E-state index is 0.924. The molecule has 0 heteroatoms. The predicted octanol–water partition coefficient (Wildman–Crippen LogP) is 7.31. The first kappa shape index (κ1) is 16.4. The topological polar surface area (TPSA) is 0 Å². The van der Waals surface area contributed by atoms with Crippen LogP contribution in [-0.2, 0) is 0 Å². The van der Waals surface area contributed by atoms with Crippen LogP contribution in [-0.4, -0.2) is 0 Å². The lowest BCUT2D eigenvalue weighted by Crippen LogP contribution is -1.93. The fraction of sp³-hybridized carbons (Fsp3) is 0. The van der Waals surface area contributed by atoms with Crippen LogP contribution in [0.1, 0.15) is 5.56 Å². The Morgan fingerprint density at radius 2 is 1.04 bits per heavy atom. The van der Waals surface area contributed by atoms with Gasteiger partial charge >= 0.3 is 0 Å². The Labute approximate surface area is 165 Å². The summed E-state index contributed by atoms with van der Waals surface area (Å²) in [5.74, 6) is 2.94. The van der Waals surface area contributed by atoms with Gasteiger partial charge in [0.05, 0.1) is 0 Å². The van der Waals surface area contributed by atoms with Gasteiger partial charge in [-0.15, -0.1) is 6.42 Å². The molecule has 0 saturated carbocycles. The van der Waals surface area contributed by atoms with Crippen LogP contribution < -0.4 is 0 Å². The summed E-state index contributed by atoms with van der Waals surface area (Å²) in [6.45, 7) is 0. The number of hydrogen-bond donors (Lipinski definition) is 0. The van der Waals surface area contributed by atoms with E-state index in [0.717, 1.165) is 16.7 Å². The lowest BCUT2D eigenvalue weighted by Gasteiger charge is -2.17. The van der Waals surface area contributed by atoms with E-state index >= 15 is 0 Å². The van der Waals surface area contributed by atoms with Crippen LogP contribution in [0.5, 0.6) is 0 Å². The molecule has 130 valence electrons. The average Bonchev–Trinajstić information content (AvgIpc) is 2.77. The first-order valence-electron chi connectivity index (χ1n) is 9.42. The molecule has 0 fully saturated rings. The van der Waals surface area contributed by atoms with Crippen LogP contribution in [0.4, 0.5) is 0 Å². The van der Waals surface area contributed by atoms with Crippen LogP contribution in [0.15, 0.2) is 103 Å². The summed E-state index contributed by atoms with van der Waals surface area (Å²) >= 11 is 0. The third-order valence-corrected chi connectivity index (χ3v) is 5.29. The van der Waals surface area contributed by atoms with Crippen LogP contribution in [0, 0.1) is 12.3 Å². The second-order valence-corrected chi connectivity index (χ2v) is 6.97. The second kappa shape index (κ2) is 6.72. The third kappa shape index (κ3) is 2.66. The van der Waals surface area contributed by atoms with E-state index in [1.54, 1.807) is 0 Å². The van der Waals surface area contributed by atoms with Gasteiger partial charge < -0.3 is 0 Å². The Morgan fingerprint density at radius 3 is 1.64 bits per heavy atom. The van der Waals surface area contributed by atoms with Crippen molar-refractivity contribution < 1.29 is 0 Å². The van der Waals surface area contributed by atoms with Gasteiger partial charge in [-0.05, 0) is 56.4 Å². The van der Waals surface area contributed by atoms with E-state index in [9.17, 15) is 0 Å². The van der Waals surface area contributed by atoms with Crippen molar-refractivity contribution in [1.29, 1.82) is 0 Å². The van der Waals surface area contributed by atoms with Gasteiger partial charge in [0.2, 0.25) is 0 Å². The molecule has 5 aromatic carbocycles. The highest BCUT2D eigenvalue weighted by Gasteiger charge is 2.16. The van der Waals surface area contributed by atoms with Crippen molar-refractivity contribution in [1.82, 2.24) is 0 Å². The summed E-state index contributed by atoms with van der Waals surface area (Å²) in [6.07, 6.45) is 5.99. The number of rotatable bonds is 2. The zero-order valence-corrected chi connectivity index (χ0v) is 15.4. The zero-order chi connectivity index (χ0) is 18.9. The SMILES string of the molecule is C#Cc1cc2cc3ccccc3cc2c(-c2ccccc2)c1-c1ccccc1. The summed E-state index contributed by atoms with van der Waals surface area (Å²) in [5.41, 5.74) is 5.57. The Morgan fingerprint density at radius 1 is 0.500 bits per heavy atom. The van der Waals surface area contributed by atoms with Crippen LogP contribution in [0.25, 0.3) is 43.8 Å². The molecule has 0 aromatic heterocycles. The van der Waals surface area contributed by atoms with Crippen molar-refractivity contribution in [2.45, 2.75) is 0 Å². The van der Waals surface area contributed by atoms with E-state index < -0.39 is 0 Å². The van der Waals surface area contributed by atoms with Gasteiger partial charge in [-0.2, -0.15) is 0 Å². The number of terminal acetylenes is 1. The van der Waals surface area contributed by atoms with Gasteiger partial charge in [0.1, 0.15) is 0 Å². The molecule has 0 amide bonds. The van der Waals surface area contributed by atoms with E-state index in [0.29, 0.717) is 0 Å². The number of benzene rings is 5. The summed E-state index contributed by atoms with van der Waals surface area (Å²) in [4.78, 5) is 0. The molecule has 0 heterocycles. The molecule has 0 atom stereocenters. The van der Waals surface area contributed by atoms with Crippen molar-refractivity contribution >= 4 is 21.5 Å². The molecule has 0 radical (unpaired) electrons.